The zero-order valence-corrected chi connectivity index (χ0v) is 21.4. The second kappa shape index (κ2) is 11.4. The van der Waals surface area contributed by atoms with Crippen molar-refractivity contribution in [2.24, 2.45) is 5.92 Å². The van der Waals surface area contributed by atoms with E-state index in [4.69, 9.17) is 16.3 Å². The molecule has 0 radical (unpaired) electrons. The van der Waals surface area contributed by atoms with E-state index in [1.165, 1.54) is 12.1 Å². The van der Waals surface area contributed by atoms with Crippen LogP contribution >= 0.6 is 11.6 Å². The highest BCUT2D eigenvalue weighted by Crippen LogP contribution is 2.33. The SMILES string of the molecule is Cc1ccc(NC(=O)C(OC(=O)c2ccc(N3CCC(C)CC3)c([N+](=O)[O-])c2)c2ccccc2)cc1Cl. The van der Waals surface area contributed by atoms with Gasteiger partial charge in [-0.05, 0) is 55.5 Å². The average molecular weight is 522 g/mol. The molecule has 0 saturated carbocycles. The zero-order valence-electron chi connectivity index (χ0n) is 20.6. The van der Waals surface area contributed by atoms with Crippen LogP contribution in [0.25, 0.3) is 0 Å². The van der Waals surface area contributed by atoms with Gasteiger partial charge in [-0.25, -0.2) is 4.79 Å². The predicted molar refractivity (Wildman–Crippen MR) is 143 cm³/mol. The molecule has 0 bridgehead atoms. The highest BCUT2D eigenvalue weighted by molar-refractivity contribution is 6.31. The van der Waals surface area contributed by atoms with Crippen LogP contribution in [0.4, 0.5) is 17.1 Å². The number of nitro groups is 1. The summed E-state index contributed by atoms with van der Waals surface area (Å²) in [5, 5.41) is 15.1. The molecule has 1 amide bonds. The monoisotopic (exact) mass is 521 g/mol. The number of carbonyl (C=O) groups excluding carboxylic acids is 2. The second-order valence-corrected chi connectivity index (χ2v) is 9.69. The zero-order chi connectivity index (χ0) is 26.5. The van der Waals surface area contributed by atoms with Gasteiger partial charge in [0, 0.05) is 35.4 Å². The molecule has 1 N–H and O–H groups in total. The van der Waals surface area contributed by atoms with Crippen LogP contribution in [0, 0.1) is 23.0 Å². The highest BCUT2D eigenvalue weighted by atomic mass is 35.5. The van der Waals surface area contributed by atoms with Crippen LogP contribution in [-0.4, -0.2) is 29.9 Å². The lowest BCUT2D eigenvalue weighted by Gasteiger charge is -2.31. The van der Waals surface area contributed by atoms with Crippen molar-refractivity contribution in [3.8, 4) is 0 Å². The van der Waals surface area contributed by atoms with Gasteiger partial charge >= 0.3 is 5.97 Å². The van der Waals surface area contributed by atoms with Crippen molar-refractivity contribution in [1.82, 2.24) is 0 Å². The van der Waals surface area contributed by atoms with Gasteiger partial charge in [0.15, 0.2) is 0 Å². The lowest BCUT2D eigenvalue weighted by atomic mass is 9.98. The number of halogens is 1. The van der Waals surface area contributed by atoms with Crippen molar-refractivity contribution in [1.29, 1.82) is 0 Å². The van der Waals surface area contributed by atoms with Gasteiger partial charge in [-0.3, -0.25) is 14.9 Å². The molecule has 0 aliphatic carbocycles. The third-order valence-electron chi connectivity index (χ3n) is 6.54. The average Bonchev–Trinajstić information content (AvgIpc) is 2.89. The van der Waals surface area contributed by atoms with E-state index in [1.807, 2.05) is 11.8 Å². The Morgan fingerprint density at radius 3 is 2.43 bits per heavy atom. The van der Waals surface area contributed by atoms with Crippen LogP contribution in [-0.2, 0) is 9.53 Å². The summed E-state index contributed by atoms with van der Waals surface area (Å²) in [4.78, 5) is 39.7. The summed E-state index contributed by atoms with van der Waals surface area (Å²) in [5.41, 5.74) is 2.07. The number of amides is 1. The van der Waals surface area contributed by atoms with E-state index in [2.05, 4.69) is 12.2 Å². The maximum absolute atomic E-state index is 13.2. The lowest BCUT2D eigenvalue weighted by Crippen LogP contribution is -2.33. The summed E-state index contributed by atoms with van der Waals surface area (Å²) in [6, 6.07) is 18.0. The molecule has 0 spiro atoms. The minimum Gasteiger partial charge on any atom is -0.444 e. The van der Waals surface area contributed by atoms with E-state index in [0.29, 0.717) is 41.0 Å². The number of esters is 1. The molecule has 192 valence electrons. The quantitative estimate of drug-likeness (QED) is 0.221. The van der Waals surface area contributed by atoms with Gasteiger partial charge in [-0.15, -0.1) is 0 Å². The van der Waals surface area contributed by atoms with Crippen molar-refractivity contribution in [2.75, 3.05) is 23.3 Å². The van der Waals surface area contributed by atoms with Crippen molar-refractivity contribution in [2.45, 2.75) is 32.8 Å². The van der Waals surface area contributed by atoms with Crippen LogP contribution in [0.1, 0.15) is 47.4 Å². The minimum atomic E-state index is -1.28. The van der Waals surface area contributed by atoms with Gasteiger partial charge in [-0.2, -0.15) is 0 Å². The van der Waals surface area contributed by atoms with Gasteiger partial charge in [0.2, 0.25) is 6.10 Å². The molecular formula is C28H28ClN3O5. The highest BCUT2D eigenvalue weighted by Gasteiger charge is 2.29. The Labute approximate surface area is 220 Å². The Bertz CT molecular complexity index is 1310. The predicted octanol–water partition coefficient (Wildman–Crippen LogP) is 6.33. The van der Waals surface area contributed by atoms with Gasteiger partial charge in [0.25, 0.3) is 11.6 Å². The standard InChI is InChI=1S/C28H28ClN3O5/c1-18-12-14-31(15-13-18)24-11-9-21(16-25(24)32(35)36)28(34)37-26(20-6-4-3-5-7-20)27(33)30-22-10-8-19(2)23(29)17-22/h3-11,16-18,26H,12-15H2,1-2H3,(H,30,33). The summed E-state index contributed by atoms with van der Waals surface area (Å²) in [5.74, 6) is -0.845. The number of nitro benzene ring substituents is 1. The van der Waals surface area contributed by atoms with Crippen LogP contribution in [0.5, 0.6) is 0 Å². The second-order valence-electron chi connectivity index (χ2n) is 9.28. The Balaban J connectivity index is 1.58. The number of ether oxygens (including phenoxy) is 1. The molecule has 9 heteroatoms. The van der Waals surface area contributed by atoms with E-state index in [0.717, 1.165) is 18.4 Å². The topological polar surface area (TPSA) is 102 Å². The van der Waals surface area contributed by atoms with E-state index < -0.39 is 22.9 Å². The smallest absolute Gasteiger partial charge is 0.339 e. The Morgan fingerprint density at radius 1 is 1.08 bits per heavy atom. The number of nitrogens with zero attached hydrogens (tertiary/aromatic N) is 2. The summed E-state index contributed by atoms with van der Waals surface area (Å²) >= 11 is 6.18. The fourth-order valence-corrected chi connectivity index (χ4v) is 4.45. The summed E-state index contributed by atoms with van der Waals surface area (Å²) in [6.07, 6.45) is 0.609. The van der Waals surface area contributed by atoms with Crippen LogP contribution < -0.4 is 10.2 Å². The maximum atomic E-state index is 13.2. The molecule has 1 heterocycles. The van der Waals surface area contributed by atoms with Crippen molar-refractivity contribution < 1.29 is 19.2 Å². The number of nitrogens with one attached hydrogen (secondary N) is 1. The maximum Gasteiger partial charge on any atom is 0.339 e. The van der Waals surface area contributed by atoms with Crippen LogP contribution in [0.2, 0.25) is 5.02 Å². The van der Waals surface area contributed by atoms with Crippen molar-refractivity contribution >= 4 is 40.5 Å². The third kappa shape index (κ3) is 6.27. The molecule has 3 aromatic carbocycles. The molecule has 3 aromatic rings. The molecule has 1 aliphatic rings. The first-order valence-electron chi connectivity index (χ1n) is 12.1. The molecule has 37 heavy (non-hydrogen) atoms. The van der Waals surface area contributed by atoms with Gasteiger partial charge in [0.1, 0.15) is 5.69 Å². The summed E-state index contributed by atoms with van der Waals surface area (Å²) in [7, 11) is 0. The number of rotatable bonds is 7. The van der Waals surface area contributed by atoms with E-state index in [1.54, 1.807) is 54.6 Å². The number of aryl methyl sites for hydroxylation is 1. The minimum absolute atomic E-state index is 0.00654. The molecule has 1 saturated heterocycles. The number of carbonyl (C=O) groups is 2. The van der Waals surface area contributed by atoms with Crippen LogP contribution in [0.15, 0.2) is 66.7 Å². The Kier molecular flexibility index (Phi) is 8.08. The molecule has 0 aromatic heterocycles. The first-order valence-corrected chi connectivity index (χ1v) is 12.5. The fourth-order valence-electron chi connectivity index (χ4n) is 4.27. The normalized spacial score (nSPS) is 14.6. The van der Waals surface area contributed by atoms with Crippen LogP contribution in [0.3, 0.4) is 0 Å². The summed E-state index contributed by atoms with van der Waals surface area (Å²) < 4.78 is 5.62. The third-order valence-corrected chi connectivity index (χ3v) is 6.94. The van der Waals surface area contributed by atoms with E-state index in [9.17, 15) is 19.7 Å². The Morgan fingerprint density at radius 2 is 1.78 bits per heavy atom. The fraction of sp³-hybridized carbons (Fsp3) is 0.286. The largest absolute Gasteiger partial charge is 0.444 e. The lowest BCUT2D eigenvalue weighted by molar-refractivity contribution is -0.384. The molecule has 1 aliphatic heterocycles. The molecule has 1 unspecified atom stereocenters. The van der Waals surface area contributed by atoms with Gasteiger partial charge in [-0.1, -0.05) is 54.9 Å². The van der Waals surface area contributed by atoms with Gasteiger partial charge in [0.05, 0.1) is 10.5 Å². The van der Waals surface area contributed by atoms with Crippen molar-refractivity contribution in [3.05, 3.63) is 98.6 Å². The summed E-state index contributed by atoms with van der Waals surface area (Å²) in [6.45, 7) is 5.44. The van der Waals surface area contributed by atoms with E-state index >= 15 is 0 Å². The number of piperidine rings is 1. The van der Waals surface area contributed by atoms with E-state index in [-0.39, 0.29) is 11.3 Å². The molecular weight excluding hydrogens is 494 g/mol. The van der Waals surface area contributed by atoms with Crippen molar-refractivity contribution in [3.63, 3.8) is 0 Å². The molecule has 1 atom stereocenters. The first-order chi connectivity index (χ1) is 17.7. The number of hydrogen-bond acceptors (Lipinski definition) is 6. The number of anilines is 2. The Hall–Kier alpha value is -3.91. The number of benzene rings is 3. The number of hydrogen-bond donors (Lipinski definition) is 1. The molecule has 4 rings (SSSR count). The van der Waals surface area contributed by atoms with Gasteiger partial charge < -0.3 is 15.0 Å². The molecule has 1 fully saturated rings. The first kappa shape index (κ1) is 26.2. The molecule has 8 nitrogen and oxygen atoms in total.